The lowest BCUT2D eigenvalue weighted by molar-refractivity contribution is -0.166. The van der Waals surface area contributed by atoms with E-state index in [1.165, 1.54) is 49.0 Å². The fraction of sp³-hybridized carbons (Fsp3) is 0.596. The van der Waals surface area contributed by atoms with Crippen LogP contribution in [0.4, 0.5) is 10.3 Å². The van der Waals surface area contributed by atoms with Crippen LogP contribution in [-0.4, -0.2) is 101 Å². The number of aliphatic carboxylic acids is 1. The molecule has 3 aliphatic rings. The van der Waals surface area contributed by atoms with Crippen LogP contribution in [0.5, 0.6) is 0 Å². The smallest absolute Gasteiger partial charge is 0.311 e. The minimum Gasteiger partial charge on any atom is -0.481 e. The van der Waals surface area contributed by atoms with Gasteiger partial charge in [0.15, 0.2) is 0 Å². The Bertz CT molecular complexity index is 2120. The van der Waals surface area contributed by atoms with E-state index in [2.05, 4.69) is 42.0 Å². The second-order valence-corrected chi connectivity index (χ2v) is 20.2. The number of aromatic nitrogens is 2. The quantitative estimate of drug-likeness (QED) is 0.125. The third-order valence-corrected chi connectivity index (χ3v) is 13.3. The Balaban J connectivity index is 0.000000278. The zero-order valence-corrected chi connectivity index (χ0v) is 38.7. The predicted molar refractivity (Wildman–Crippen MR) is 238 cm³/mol. The molecule has 1 aromatic heterocycles. The Kier molecular flexibility index (Phi) is 17.8. The van der Waals surface area contributed by atoms with Crippen LogP contribution >= 0.6 is 0 Å². The van der Waals surface area contributed by atoms with Crippen molar-refractivity contribution in [2.45, 2.75) is 136 Å². The molecule has 2 aliphatic carbocycles. The van der Waals surface area contributed by atoms with E-state index in [0.717, 1.165) is 36.2 Å². The lowest BCUT2D eigenvalue weighted by Gasteiger charge is -2.44. The number of carboxylic acid groups (broad SMARTS) is 1. The van der Waals surface area contributed by atoms with E-state index in [4.69, 9.17) is 14.6 Å². The number of carbonyl (C=O) groups is 3. The number of ether oxygens (including phenoxy) is 2. The molecule has 16 heteroatoms. The number of esters is 2. The maximum absolute atomic E-state index is 13.5. The van der Waals surface area contributed by atoms with Crippen LogP contribution in [0.2, 0.25) is 0 Å². The number of anilines is 1. The highest BCUT2D eigenvalue weighted by atomic mass is 32.2. The van der Waals surface area contributed by atoms with Gasteiger partial charge < -0.3 is 29.9 Å². The Hall–Kier alpha value is -4.51. The standard InChI is InChI=1S/C25H38O5.C22H28FN3O6S/c1-6-25(4,5)24(28)30-21-12-15(2)11-17-8-7-16(3)20(23(17)21)10-9-19-13-18(26)14-22(27)29-19;1-13(2)20-18(10-9-16(27)11-17(28)12-19(29)30)21(14-5-7-15(23)8-6-14)25-22(24-20)26(3)33(4,31)32/h7-8,11,15-16,18-21,23,26H,6,9-10,12-14H2,1-5H3;5-10,13,16-17,27-28H,11-12H2,1-4H3,(H,29,30)/b;10-9+. The number of nitrogens with zero attached hydrogens (tertiary/aromatic N) is 3. The lowest BCUT2D eigenvalue weighted by Crippen LogP contribution is -2.43. The van der Waals surface area contributed by atoms with Crippen LogP contribution in [0.25, 0.3) is 17.3 Å². The summed E-state index contributed by atoms with van der Waals surface area (Å²) in [6.45, 7) is 14.0. The molecule has 348 valence electrons. The number of aliphatic hydroxyl groups excluding tert-OH is 3. The number of allylic oxidation sites excluding steroid dienone is 3. The molecule has 1 saturated heterocycles. The number of halogens is 1. The summed E-state index contributed by atoms with van der Waals surface area (Å²) < 4.78 is 50.2. The van der Waals surface area contributed by atoms with Gasteiger partial charge in [0, 0.05) is 36.9 Å². The van der Waals surface area contributed by atoms with E-state index in [1.807, 2.05) is 34.6 Å². The number of carboxylic acids is 1. The van der Waals surface area contributed by atoms with Crippen LogP contribution < -0.4 is 4.31 Å². The number of carbonyl (C=O) groups excluding carboxylic acids is 2. The van der Waals surface area contributed by atoms with Gasteiger partial charge >= 0.3 is 17.9 Å². The van der Waals surface area contributed by atoms with Gasteiger partial charge in [0.05, 0.1) is 54.2 Å². The van der Waals surface area contributed by atoms with Crippen molar-refractivity contribution < 1.29 is 57.1 Å². The Morgan fingerprint density at radius 3 is 2.35 bits per heavy atom. The summed E-state index contributed by atoms with van der Waals surface area (Å²) in [6.07, 6.45) is 10.5. The maximum Gasteiger partial charge on any atom is 0.311 e. The van der Waals surface area contributed by atoms with Crippen LogP contribution in [0.1, 0.15) is 117 Å². The van der Waals surface area contributed by atoms with Gasteiger partial charge in [-0.05, 0) is 93.0 Å². The molecule has 1 aliphatic heterocycles. The van der Waals surface area contributed by atoms with Crippen LogP contribution in [0.3, 0.4) is 0 Å². The van der Waals surface area contributed by atoms with E-state index >= 15 is 0 Å². The number of hydrogen-bond acceptors (Lipinski definition) is 12. The Morgan fingerprint density at radius 2 is 1.76 bits per heavy atom. The van der Waals surface area contributed by atoms with Crippen molar-refractivity contribution in [3.63, 3.8) is 0 Å². The van der Waals surface area contributed by atoms with Crippen molar-refractivity contribution >= 4 is 40.0 Å². The van der Waals surface area contributed by atoms with Crippen molar-refractivity contribution in [1.82, 2.24) is 9.97 Å². The van der Waals surface area contributed by atoms with Gasteiger partial charge in [-0.1, -0.05) is 65.0 Å². The molecule has 0 spiro atoms. The van der Waals surface area contributed by atoms with Gasteiger partial charge in [0.25, 0.3) is 0 Å². The van der Waals surface area contributed by atoms with Crippen LogP contribution in [0, 0.1) is 34.9 Å². The van der Waals surface area contributed by atoms with Gasteiger partial charge in [-0.25, -0.2) is 27.1 Å². The molecule has 2 heterocycles. The second-order valence-electron chi connectivity index (χ2n) is 18.2. The molecule has 5 rings (SSSR count). The highest BCUT2D eigenvalue weighted by molar-refractivity contribution is 7.92. The highest BCUT2D eigenvalue weighted by Gasteiger charge is 2.43. The lowest BCUT2D eigenvalue weighted by atomic mass is 9.65. The zero-order valence-electron chi connectivity index (χ0n) is 37.9. The summed E-state index contributed by atoms with van der Waals surface area (Å²) in [7, 11) is -2.33. The minimum absolute atomic E-state index is 0.0601. The first-order valence-electron chi connectivity index (χ1n) is 21.8. The first-order valence-corrected chi connectivity index (χ1v) is 23.6. The van der Waals surface area contributed by atoms with Gasteiger partial charge in [0.2, 0.25) is 16.0 Å². The first kappa shape index (κ1) is 51.1. The number of cyclic esters (lactones) is 1. The molecule has 14 nitrogen and oxygen atoms in total. The third-order valence-electron chi connectivity index (χ3n) is 12.2. The minimum atomic E-state index is -3.65. The normalized spacial score (nSPS) is 24.7. The van der Waals surface area contributed by atoms with E-state index < -0.39 is 52.0 Å². The molecule has 0 radical (unpaired) electrons. The number of aliphatic hydroxyl groups is 3. The highest BCUT2D eigenvalue weighted by Crippen LogP contribution is 2.46. The van der Waals surface area contributed by atoms with Crippen LogP contribution in [0.15, 0.2) is 54.1 Å². The van der Waals surface area contributed by atoms with Crippen molar-refractivity contribution in [2.24, 2.45) is 29.1 Å². The van der Waals surface area contributed by atoms with E-state index in [-0.39, 0.29) is 54.8 Å². The molecule has 63 heavy (non-hydrogen) atoms. The first-order chi connectivity index (χ1) is 29.4. The summed E-state index contributed by atoms with van der Waals surface area (Å²) in [6, 6.07) is 5.49. The topological polar surface area (TPSA) is 214 Å². The largest absolute Gasteiger partial charge is 0.481 e. The number of rotatable bonds is 16. The second kappa shape index (κ2) is 21.9. The van der Waals surface area contributed by atoms with Gasteiger partial charge in [0.1, 0.15) is 18.0 Å². The van der Waals surface area contributed by atoms with Crippen molar-refractivity contribution in [1.29, 1.82) is 0 Å². The number of benzene rings is 1. The van der Waals surface area contributed by atoms with E-state index in [0.29, 0.717) is 46.7 Å². The van der Waals surface area contributed by atoms with Crippen LogP contribution in [-0.2, 0) is 33.9 Å². The van der Waals surface area contributed by atoms with Crippen molar-refractivity contribution in [3.8, 4) is 11.3 Å². The average molecular weight is 900 g/mol. The fourth-order valence-corrected chi connectivity index (χ4v) is 8.50. The fourth-order valence-electron chi connectivity index (χ4n) is 8.12. The Morgan fingerprint density at radius 1 is 1.10 bits per heavy atom. The average Bonchev–Trinajstić information content (AvgIpc) is 3.18. The predicted octanol–water partition coefficient (Wildman–Crippen LogP) is 6.99. The molecule has 2 aromatic rings. The monoisotopic (exact) mass is 899 g/mol. The molecule has 1 aromatic carbocycles. The SMILES string of the molecule is CC(C)c1nc(N(C)S(C)(=O)=O)nc(-c2ccc(F)cc2)c1/C=C/C(O)CC(O)CC(=O)O.CCC(C)(C)C(=O)OC1CC(C)C=C2C=CC(C)C(CCC3CC(O)CC(=O)O3)C21. The maximum atomic E-state index is 13.5. The molecular weight excluding hydrogens is 834 g/mol. The summed E-state index contributed by atoms with van der Waals surface area (Å²) in [5.74, 6) is -1.09. The summed E-state index contributed by atoms with van der Waals surface area (Å²) >= 11 is 0. The van der Waals surface area contributed by atoms with Gasteiger partial charge in [-0.15, -0.1) is 0 Å². The summed E-state index contributed by atoms with van der Waals surface area (Å²) in [5, 5.41) is 38.7. The molecule has 0 saturated carbocycles. The summed E-state index contributed by atoms with van der Waals surface area (Å²) in [5.41, 5.74) is 2.59. The van der Waals surface area contributed by atoms with E-state index in [1.54, 1.807) is 0 Å². The Labute approximate surface area is 371 Å². The molecule has 0 bridgehead atoms. The molecule has 0 amide bonds. The number of hydrogen-bond donors (Lipinski definition) is 4. The summed E-state index contributed by atoms with van der Waals surface area (Å²) in [4.78, 5) is 44.1. The number of sulfonamides is 1. The molecule has 9 unspecified atom stereocenters. The molecule has 4 N–H and O–H groups in total. The number of fused-ring (bicyclic) bond motifs is 1. The van der Waals surface area contributed by atoms with E-state index in [9.17, 15) is 42.5 Å². The van der Waals surface area contributed by atoms with Gasteiger partial charge in [-0.3, -0.25) is 14.4 Å². The van der Waals surface area contributed by atoms with Crippen molar-refractivity contribution in [3.05, 3.63) is 71.2 Å². The molecular formula is C47H66FN3O11S. The molecule has 9 atom stereocenters. The third kappa shape index (κ3) is 14.2. The zero-order chi connectivity index (χ0) is 47.0. The van der Waals surface area contributed by atoms with Gasteiger partial charge in [-0.2, -0.15) is 0 Å². The van der Waals surface area contributed by atoms with Crippen molar-refractivity contribution in [2.75, 3.05) is 17.6 Å². The molecule has 1 fully saturated rings.